The van der Waals surface area contributed by atoms with Crippen molar-refractivity contribution in [3.05, 3.63) is 64.3 Å². The topological polar surface area (TPSA) is 82.2 Å². The predicted octanol–water partition coefficient (Wildman–Crippen LogP) is 3.50. The highest BCUT2D eigenvalue weighted by atomic mass is 35.5. The minimum atomic E-state index is -4.01. The van der Waals surface area contributed by atoms with Gasteiger partial charge < -0.3 is 4.57 Å². The second-order valence-corrected chi connectivity index (χ2v) is 7.68. The summed E-state index contributed by atoms with van der Waals surface area (Å²) in [6, 6.07) is 11.8. The molecule has 0 aliphatic carbocycles. The number of hydrogen-bond donors (Lipinski definition) is 1. The molecule has 0 spiro atoms. The molecule has 1 heterocycles. The Labute approximate surface area is 151 Å². The number of sulfonamides is 1. The fourth-order valence-corrected chi connectivity index (χ4v) is 4.20. The van der Waals surface area contributed by atoms with E-state index >= 15 is 0 Å². The van der Waals surface area contributed by atoms with Crippen LogP contribution in [0.4, 0.5) is 0 Å². The van der Waals surface area contributed by atoms with Crippen LogP contribution in [0.2, 0.25) is 5.02 Å². The Morgan fingerprint density at radius 2 is 1.88 bits per heavy atom. The van der Waals surface area contributed by atoms with Crippen LogP contribution in [0.1, 0.15) is 28.5 Å². The van der Waals surface area contributed by atoms with Crippen molar-refractivity contribution in [2.24, 2.45) is 5.14 Å². The first kappa shape index (κ1) is 17.7. The third-order valence-corrected chi connectivity index (χ3v) is 5.67. The summed E-state index contributed by atoms with van der Waals surface area (Å²) in [7, 11) is -4.01. The van der Waals surface area contributed by atoms with Crippen LogP contribution in [0.3, 0.4) is 0 Å². The minimum absolute atomic E-state index is 0.00763. The van der Waals surface area contributed by atoms with E-state index in [0.29, 0.717) is 5.56 Å². The number of nitrogens with zero attached hydrogens (tertiary/aromatic N) is 1. The van der Waals surface area contributed by atoms with Crippen LogP contribution in [0, 0.1) is 6.92 Å². The molecule has 5 nitrogen and oxygen atoms in total. The zero-order valence-corrected chi connectivity index (χ0v) is 15.4. The maximum atomic E-state index is 13.1. The molecule has 0 amide bonds. The number of aromatic nitrogens is 1. The van der Waals surface area contributed by atoms with Crippen molar-refractivity contribution in [3.63, 3.8) is 0 Å². The average Bonchev–Trinajstić information content (AvgIpc) is 2.84. The highest BCUT2D eigenvalue weighted by molar-refractivity contribution is 7.89. The molecule has 0 fully saturated rings. The molecule has 0 saturated heterocycles. The van der Waals surface area contributed by atoms with Crippen molar-refractivity contribution in [1.29, 1.82) is 0 Å². The van der Waals surface area contributed by atoms with Crippen LogP contribution < -0.4 is 5.14 Å². The minimum Gasteiger partial charge on any atom is -0.344 e. The molecule has 0 aliphatic rings. The summed E-state index contributed by atoms with van der Waals surface area (Å²) in [6.07, 6.45) is 0. The van der Waals surface area contributed by atoms with Crippen LogP contribution in [0.5, 0.6) is 0 Å². The van der Waals surface area contributed by atoms with Gasteiger partial charge in [0.1, 0.15) is 4.90 Å². The highest BCUT2D eigenvalue weighted by Crippen LogP contribution is 2.29. The maximum Gasteiger partial charge on any atom is 0.239 e. The first-order valence-electron chi connectivity index (χ1n) is 7.70. The van der Waals surface area contributed by atoms with E-state index in [9.17, 15) is 13.2 Å². The summed E-state index contributed by atoms with van der Waals surface area (Å²) in [6.45, 7) is 4.62. The summed E-state index contributed by atoms with van der Waals surface area (Å²) in [5.74, 6) is -0.262. The largest absolute Gasteiger partial charge is 0.344 e. The van der Waals surface area contributed by atoms with Gasteiger partial charge in [0.05, 0.1) is 10.6 Å². The lowest BCUT2D eigenvalue weighted by Crippen LogP contribution is -2.14. The zero-order chi connectivity index (χ0) is 18.4. The van der Waals surface area contributed by atoms with E-state index in [2.05, 4.69) is 4.57 Å². The van der Waals surface area contributed by atoms with Gasteiger partial charge in [-0.15, -0.1) is 0 Å². The lowest BCUT2D eigenvalue weighted by atomic mass is 10.0. The van der Waals surface area contributed by atoms with E-state index < -0.39 is 10.0 Å². The van der Waals surface area contributed by atoms with Gasteiger partial charge in [-0.1, -0.05) is 29.8 Å². The van der Waals surface area contributed by atoms with E-state index in [0.717, 1.165) is 23.1 Å². The molecule has 2 N–H and O–H groups in total. The predicted molar refractivity (Wildman–Crippen MR) is 98.6 cm³/mol. The summed E-state index contributed by atoms with van der Waals surface area (Å²) < 4.78 is 25.4. The quantitative estimate of drug-likeness (QED) is 0.707. The molecule has 0 radical (unpaired) electrons. The van der Waals surface area contributed by atoms with E-state index in [4.69, 9.17) is 16.7 Å². The van der Waals surface area contributed by atoms with E-state index in [1.54, 1.807) is 0 Å². The Balaban J connectivity index is 2.24. The van der Waals surface area contributed by atoms with E-state index in [1.165, 1.54) is 18.2 Å². The van der Waals surface area contributed by atoms with Gasteiger partial charge in [0.15, 0.2) is 5.78 Å². The Morgan fingerprint density at radius 1 is 1.20 bits per heavy atom. The van der Waals surface area contributed by atoms with Crippen molar-refractivity contribution in [2.45, 2.75) is 25.3 Å². The number of benzene rings is 2. The van der Waals surface area contributed by atoms with Gasteiger partial charge in [0.25, 0.3) is 0 Å². The average molecular weight is 377 g/mol. The van der Waals surface area contributed by atoms with Crippen molar-refractivity contribution >= 4 is 38.3 Å². The summed E-state index contributed by atoms with van der Waals surface area (Å²) in [5.41, 5.74) is 2.59. The molecule has 0 saturated carbocycles. The molecule has 0 aliphatic heterocycles. The van der Waals surface area contributed by atoms with Crippen molar-refractivity contribution < 1.29 is 13.2 Å². The van der Waals surface area contributed by atoms with Crippen LogP contribution in [0.15, 0.2) is 47.4 Å². The normalized spacial score (nSPS) is 11.8. The number of primary sulfonamides is 1. The zero-order valence-electron chi connectivity index (χ0n) is 13.8. The first-order valence-corrected chi connectivity index (χ1v) is 9.63. The van der Waals surface area contributed by atoms with Crippen LogP contribution in [-0.2, 0) is 16.6 Å². The molecular weight excluding hydrogens is 360 g/mol. The number of nitrogens with two attached hydrogens (primary N) is 1. The monoisotopic (exact) mass is 376 g/mol. The molecule has 0 bridgehead atoms. The number of ketones is 1. The Morgan fingerprint density at radius 3 is 2.52 bits per heavy atom. The van der Waals surface area contributed by atoms with Crippen molar-refractivity contribution in [3.8, 4) is 0 Å². The fraction of sp³-hybridized carbons (Fsp3) is 0.167. The Bertz CT molecular complexity index is 1100. The molecular formula is C18H17ClN2O3S. The highest BCUT2D eigenvalue weighted by Gasteiger charge is 2.22. The lowest BCUT2D eigenvalue weighted by Gasteiger charge is -2.07. The van der Waals surface area contributed by atoms with Crippen LogP contribution in [-0.4, -0.2) is 18.8 Å². The van der Waals surface area contributed by atoms with Gasteiger partial charge >= 0.3 is 0 Å². The number of carbonyl (C=O) groups excluding carboxylic acids is 1. The maximum absolute atomic E-state index is 13.1. The lowest BCUT2D eigenvalue weighted by molar-refractivity contribution is 0.103. The molecule has 25 heavy (non-hydrogen) atoms. The molecule has 2 aromatic carbocycles. The number of halogens is 1. The van der Waals surface area contributed by atoms with Crippen LogP contribution >= 0.6 is 11.6 Å². The number of rotatable bonds is 4. The summed E-state index contributed by atoms with van der Waals surface area (Å²) >= 11 is 5.91. The number of carbonyl (C=O) groups is 1. The summed E-state index contributed by atoms with van der Waals surface area (Å²) in [5, 5.41) is 6.01. The molecule has 7 heteroatoms. The second kappa shape index (κ2) is 6.29. The third kappa shape index (κ3) is 2.97. The fourth-order valence-electron chi connectivity index (χ4n) is 3.13. The molecule has 3 rings (SSSR count). The number of fused-ring (bicyclic) bond motifs is 1. The van der Waals surface area contributed by atoms with Gasteiger partial charge in [-0.2, -0.15) is 0 Å². The van der Waals surface area contributed by atoms with E-state index in [1.807, 2.05) is 38.1 Å². The van der Waals surface area contributed by atoms with Crippen molar-refractivity contribution in [1.82, 2.24) is 4.57 Å². The summed E-state index contributed by atoms with van der Waals surface area (Å²) in [4.78, 5) is 12.9. The smallest absolute Gasteiger partial charge is 0.239 e. The van der Waals surface area contributed by atoms with Gasteiger partial charge in [-0.3, -0.25) is 4.79 Å². The SMILES string of the molecule is CCn1c(C)c(C(=O)c2ccc(Cl)c(S(N)(=O)=O)c2)c2ccccc21. The number of para-hydroxylation sites is 1. The van der Waals surface area contributed by atoms with Crippen LogP contribution in [0.25, 0.3) is 10.9 Å². The van der Waals surface area contributed by atoms with Gasteiger partial charge in [0.2, 0.25) is 10.0 Å². The number of aryl methyl sites for hydroxylation is 1. The van der Waals surface area contributed by atoms with Gasteiger partial charge in [-0.05, 0) is 38.1 Å². The molecule has 0 atom stereocenters. The number of hydrogen-bond acceptors (Lipinski definition) is 3. The molecule has 130 valence electrons. The van der Waals surface area contributed by atoms with Gasteiger partial charge in [0, 0.05) is 28.7 Å². The van der Waals surface area contributed by atoms with E-state index in [-0.39, 0.29) is 21.3 Å². The Kier molecular flexibility index (Phi) is 4.45. The molecule has 3 aromatic rings. The molecule has 0 unspecified atom stereocenters. The standard InChI is InChI=1S/C18H17ClN2O3S/c1-3-21-11(2)17(13-6-4-5-7-15(13)21)18(22)12-8-9-14(19)16(10-12)25(20,23)24/h4-10H,3H2,1-2H3,(H2,20,23,24). The molecule has 1 aromatic heterocycles. The van der Waals surface area contributed by atoms with Gasteiger partial charge in [-0.25, -0.2) is 13.6 Å². The Hall–Kier alpha value is -2.15. The second-order valence-electron chi connectivity index (χ2n) is 5.74. The third-order valence-electron chi connectivity index (χ3n) is 4.27. The van der Waals surface area contributed by atoms with Crippen molar-refractivity contribution in [2.75, 3.05) is 0 Å². The first-order chi connectivity index (χ1) is 11.8.